The van der Waals surface area contributed by atoms with Crippen molar-refractivity contribution in [2.24, 2.45) is 0 Å². The lowest BCUT2D eigenvalue weighted by Crippen LogP contribution is -2.48. The van der Waals surface area contributed by atoms with Crippen LogP contribution in [0.3, 0.4) is 0 Å². The molecule has 0 bridgehead atoms. The number of amides is 2. The average molecular weight is 584 g/mol. The summed E-state index contributed by atoms with van der Waals surface area (Å²) in [4.78, 5) is 30.8. The highest BCUT2D eigenvalue weighted by Gasteiger charge is 2.32. The first kappa shape index (κ1) is 31.3. The van der Waals surface area contributed by atoms with Crippen LogP contribution in [-0.4, -0.2) is 58.5 Å². The van der Waals surface area contributed by atoms with Gasteiger partial charge in [0.25, 0.3) is 5.91 Å². The normalized spacial score (nSPS) is 14.1. The lowest BCUT2D eigenvalue weighted by Gasteiger charge is -2.36. The van der Waals surface area contributed by atoms with E-state index in [0.717, 1.165) is 55.5 Å². The van der Waals surface area contributed by atoms with Gasteiger partial charge in [-0.3, -0.25) is 9.59 Å². The standard InChI is InChI=1S/C33H40F3N3O3/c1-2-42-21-11-20-38(32(41)27-14-9-15-28(22-27)33(34,35)36)25-31(40)39(29-16-7-4-8-17-29)24-30-18-10-19-37(30)23-26-12-5-3-6-13-26/h3,5-6,9-10,12-15,18-19,22,29H,2,4,7-8,11,16-17,20-21,23-25H2,1H3. The molecule has 0 spiro atoms. The van der Waals surface area contributed by atoms with Crippen molar-refractivity contribution in [2.75, 3.05) is 26.3 Å². The third-order valence-corrected chi connectivity index (χ3v) is 7.76. The SMILES string of the molecule is CCOCCCN(CC(=O)N(Cc1cccn1Cc1ccccc1)C1CCCCC1)C(=O)c1cccc(C(F)(F)F)c1. The molecule has 0 N–H and O–H groups in total. The van der Waals surface area contributed by atoms with Crippen LogP contribution in [0.2, 0.25) is 0 Å². The quantitative estimate of drug-likeness (QED) is 0.208. The van der Waals surface area contributed by atoms with Gasteiger partial charge in [0.1, 0.15) is 6.54 Å². The summed E-state index contributed by atoms with van der Waals surface area (Å²) >= 11 is 0. The Balaban J connectivity index is 1.56. The maximum absolute atomic E-state index is 14.0. The second-order valence-electron chi connectivity index (χ2n) is 10.8. The summed E-state index contributed by atoms with van der Waals surface area (Å²) in [6, 6.07) is 18.5. The van der Waals surface area contributed by atoms with E-state index >= 15 is 0 Å². The number of ether oxygens (including phenoxy) is 1. The molecule has 0 atom stereocenters. The van der Waals surface area contributed by atoms with Gasteiger partial charge < -0.3 is 19.1 Å². The smallest absolute Gasteiger partial charge is 0.382 e. The van der Waals surface area contributed by atoms with Gasteiger partial charge in [0, 0.05) is 49.8 Å². The molecule has 1 aromatic heterocycles. The molecule has 0 saturated heterocycles. The van der Waals surface area contributed by atoms with Crippen molar-refractivity contribution in [3.63, 3.8) is 0 Å². The van der Waals surface area contributed by atoms with E-state index in [0.29, 0.717) is 32.7 Å². The predicted octanol–water partition coefficient (Wildman–Crippen LogP) is 6.79. The number of hydrogen-bond acceptors (Lipinski definition) is 3. The van der Waals surface area contributed by atoms with Gasteiger partial charge in [-0.05, 0) is 62.1 Å². The summed E-state index contributed by atoms with van der Waals surface area (Å²) in [7, 11) is 0. The van der Waals surface area contributed by atoms with Crippen LogP contribution in [0.1, 0.15) is 72.6 Å². The molecule has 4 rings (SSSR count). The Labute approximate surface area is 246 Å². The molecule has 3 aromatic rings. The van der Waals surface area contributed by atoms with E-state index in [2.05, 4.69) is 16.7 Å². The number of benzene rings is 2. The Bertz CT molecular complexity index is 1290. The van der Waals surface area contributed by atoms with Crippen LogP contribution in [0, 0.1) is 0 Å². The van der Waals surface area contributed by atoms with Crippen LogP contribution < -0.4 is 0 Å². The minimum absolute atomic E-state index is 0.0419. The Hall–Kier alpha value is -3.59. The summed E-state index contributed by atoms with van der Waals surface area (Å²) in [6.45, 7) is 3.82. The third kappa shape index (κ3) is 8.71. The molecule has 1 aliphatic rings. The van der Waals surface area contributed by atoms with Crippen molar-refractivity contribution in [2.45, 2.75) is 70.8 Å². The number of halogens is 3. The summed E-state index contributed by atoms with van der Waals surface area (Å²) in [5.41, 5.74) is 1.16. The van der Waals surface area contributed by atoms with Crippen LogP contribution in [0.15, 0.2) is 72.9 Å². The molecule has 6 nitrogen and oxygen atoms in total. The van der Waals surface area contributed by atoms with E-state index in [1.807, 2.05) is 48.4 Å². The third-order valence-electron chi connectivity index (χ3n) is 7.76. The lowest BCUT2D eigenvalue weighted by atomic mass is 9.94. The van der Waals surface area contributed by atoms with Crippen molar-refractivity contribution in [1.29, 1.82) is 0 Å². The highest BCUT2D eigenvalue weighted by atomic mass is 19.4. The van der Waals surface area contributed by atoms with E-state index in [1.54, 1.807) is 0 Å². The van der Waals surface area contributed by atoms with Crippen LogP contribution in [0.4, 0.5) is 13.2 Å². The van der Waals surface area contributed by atoms with E-state index in [9.17, 15) is 22.8 Å². The Kier molecular flexibility index (Phi) is 11.2. The minimum atomic E-state index is -4.57. The molecule has 1 fully saturated rings. The van der Waals surface area contributed by atoms with E-state index < -0.39 is 17.6 Å². The molecule has 0 unspecified atom stereocenters. The minimum Gasteiger partial charge on any atom is -0.382 e. The molecular weight excluding hydrogens is 543 g/mol. The monoisotopic (exact) mass is 583 g/mol. The molecule has 2 amide bonds. The van der Waals surface area contributed by atoms with Crippen LogP contribution >= 0.6 is 0 Å². The fourth-order valence-corrected chi connectivity index (χ4v) is 5.53. The van der Waals surface area contributed by atoms with E-state index in [-0.39, 0.29) is 30.6 Å². The number of aromatic nitrogens is 1. The molecule has 0 aliphatic heterocycles. The second kappa shape index (κ2) is 15.0. The van der Waals surface area contributed by atoms with Crippen molar-refractivity contribution in [3.05, 3.63) is 95.3 Å². The summed E-state index contributed by atoms with van der Waals surface area (Å²) < 4.78 is 47.7. The second-order valence-corrected chi connectivity index (χ2v) is 10.8. The van der Waals surface area contributed by atoms with Gasteiger partial charge in [-0.2, -0.15) is 13.2 Å². The van der Waals surface area contributed by atoms with Gasteiger partial charge in [0.05, 0.1) is 12.1 Å². The molecule has 1 aliphatic carbocycles. The zero-order valence-electron chi connectivity index (χ0n) is 24.2. The fraction of sp³-hybridized carbons (Fsp3) is 0.455. The predicted molar refractivity (Wildman–Crippen MR) is 156 cm³/mol. The lowest BCUT2D eigenvalue weighted by molar-refractivity contribution is -0.138. The number of rotatable bonds is 13. The molecule has 1 saturated carbocycles. The van der Waals surface area contributed by atoms with Crippen molar-refractivity contribution >= 4 is 11.8 Å². The Morgan fingerprint density at radius 3 is 2.45 bits per heavy atom. The van der Waals surface area contributed by atoms with Crippen LogP contribution in [0.5, 0.6) is 0 Å². The van der Waals surface area contributed by atoms with Gasteiger partial charge >= 0.3 is 6.18 Å². The Morgan fingerprint density at radius 2 is 1.74 bits per heavy atom. The van der Waals surface area contributed by atoms with Gasteiger partial charge in [-0.1, -0.05) is 55.7 Å². The highest BCUT2D eigenvalue weighted by Crippen LogP contribution is 2.30. The molecule has 9 heteroatoms. The van der Waals surface area contributed by atoms with Gasteiger partial charge in [0.15, 0.2) is 0 Å². The number of carbonyl (C=O) groups is 2. The van der Waals surface area contributed by atoms with Crippen LogP contribution in [-0.2, 0) is 28.8 Å². The molecule has 0 radical (unpaired) electrons. The van der Waals surface area contributed by atoms with E-state index in [1.165, 1.54) is 17.0 Å². The number of carbonyl (C=O) groups excluding carboxylic acids is 2. The average Bonchev–Trinajstić information content (AvgIpc) is 3.43. The summed E-state index contributed by atoms with van der Waals surface area (Å²) in [5, 5.41) is 0. The molecule has 2 aromatic carbocycles. The zero-order valence-corrected chi connectivity index (χ0v) is 24.2. The van der Waals surface area contributed by atoms with Crippen molar-refractivity contribution in [1.82, 2.24) is 14.4 Å². The molecular formula is C33H40F3N3O3. The topological polar surface area (TPSA) is 54.8 Å². The zero-order chi connectivity index (χ0) is 30.0. The van der Waals surface area contributed by atoms with Crippen molar-refractivity contribution < 1.29 is 27.5 Å². The summed E-state index contributed by atoms with van der Waals surface area (Å²) in [6.07, 6.45) is 2.85. The first-order chi connectivity index (χ1) is 20.3. The number of hydrogen-bond donors (Lipinski definition) is 0. The molecule has 1 heterocycles. The largest absolute Gasteiger partial charge is 0.416 e. The number of alkyl halides is 3. The van der Waals surface area contributed by atoms with Gasteiger partial charge in [-0.25, -0.2) is 0 Å². The maximum Gasteiger partial charge on any atom is 0.416 e. The molecule has 42 heavy (non-hydrogen) atoms. The van der Waals surface area contributed by atoms with Gasteiger partial charge in [0.2, 0.25) is 5.91 Å². The molecule has 226 valence electrons. The van der Waals surface area contributed by atoms with E-state index in [4.69, 9.17) is 4.74 Å². The first-order valence-electron chi connectivity index (χ1n) is 14.8. The maximum atomic E-state index is 14.0. The first-order valence-corrected chi connectivity index (χ1v) is 14.8. The Morgan fingerprint density at radius 1 is 0.976 bits per heavy atom. The summed E-state index contributed by atoms with van der Waals surface area (Å²) in [5.74, 6) is -0.798. The van der Waals surface area contributed by atoms with Crippen LogP contribution in [0.25, 0.3) is 0 Å². The highest BCUT2D eigenvalue weighted by molar-refractivity contribution is 5.96. The van der Waals surface area contributed by atoms with Crippen molar-refractivity contribution in [3.8, 4) is 0 Å². The van der Waals surface area contributed by atoms with Gasteiger partial charge in [-0.15, -0.1) is 0 Å². The number of nitrogens with zero attached hydrogens (tertiary/aromatic N) is 3. The fourth-order valence-electron chi connectivity index (χ4n) is 5.53.